The van der Waals surface area contributed by atoms with Crippen LogP contribution in [0.1, 0.15) is 19.8 Å². The summed E-state index contributed by atoms with van der Waals surface area (Å²) in [5.74, 6) is 0.518. The van der Waals surface area contributed by atoms with Gasteiger partial charge in [-0.3, -0.25) is 14.7 Å². The molecule has 0 saturated carbocycles. The Balaban J connectivity index is 1.56. The van der Waals surface area contributed by atoms with Gasteiger partial charge in [0, 0.05) is 23.8 Å². The number of aromatic nitrogens is 3. The number of pyridine rings is 2. The number of amides is 1. The topological polar surface area (TPSA) is 71.0 Å². The van der Waals surface area contributed by atoms with E-state index in [2.05, 4.69) is 25.2 Å². The van der Waals surface area contributed by atoms with Crippen molar-refractivity contribution < 1.29 is 4.79 Å². The van der Waals surface area contributed by atoms with Crippen LogP contribution < -0.4 is 5.32 Å². The van der Waals surface area contributed by atoms with Gasteiger partial charge in [0.25, 0.3) is 0 Å². The third-order valence-corrected chi connectivity index (χ3v) is 5.37. The Hall–Kier alpha value is -2.38. The van der Waals surface area contributed by atoms with Crippen molar-refractivity contribution in [1.29, 1.82) is 0 Å². The van der Waals surface area contributed by atoms with E-state index in [9.17, 15) is 4.79 Å². The number of carbonyl (C=O) groups is 1. The smallest absolute Gasteiger partial charge is 0.242 e. The molecule has 4 rings (SSSR count). The van der Waals surface area contributed by atoms with Crippen molar-refractivity contribution in [2.45, 2.75) is 25.8 Å². The van der Waals surface area contributed by atoms with Crippen LogP contribution >= 0.6 is 11.3 Å². The van der Waals surface area contributed by atoms with Gasteiger partial charge >= 0.3 is 0 Å². The second-order valence-corrected chi connectivity index (χ2v) is 7.12. The third kappa shape index (κ3) is 3.38. The molecule has 6 nitrogen and oxygen atoms in total. The summed E-state index contributed by atoms with van der Waals surface area (Å²) < 4.78 is 0. The maximum absolute atomic E-state index is 12.5. The average molecular weight is 353 g/mol. The minimum absolute atomic E-state index is 0.0210. The van der Waals surface area contributed by atoms with Gasteiger partial charge in [0.1, 0.15) is 5.82 Å². The molecule has 1 fully saturated rings. The minimum Gasteiger partial charge on any atom is -0.309 e. The third-order valence-electron chi connectivity index (χ3n) is 4.58. The van der Waals surface area contributed by atoms with Gasteiger partial charge in [-0.1, -0.05) is 0 Å². The zero-order chi connectivity index (χ0) is 17.2. The second-order valence-electron chi connectivity index (χ2n) is 6.23. The van der Waals surface area contributed by atoms with Crippen LogP contribution in [0.25, 0.3) is 21.5 Å². The van der Waals surface area contributed by atoms with Gasteiger partial charge in [-0.25, -0.2) is 9.97 Å². The molecule has 0 radical (unpaired) electrons. The number of thiazole rings is 1. The molecule has 128 valence electrons. The molecule has 0 bridgehead atoms. The van der Waals surface area contributed by atoms with Crippen LogP contribution in [0.15, 0.2) is 36.1 Å². The molecule has 1 amide bonds. The molecule has 25 heavy (non-hydrogen) atoms. The lowest BCUT2D eigenvalue weighted by Crippen LogP contribution is -2.40. The number of likely N-dealkylation sites (tertiary alicyclic amines) is 1. The van der Waals surface area contributed by atoms with Gasteiger partial charge < -0.3 is 5.32 Å². The Labute approximate surface area is 149 Å². The number of fused-ring (bicyclic) bond motifs is 1. The van der Waals surface area contributed by atoms with Gasteiger partial charge in [-0.2, -0.15) is 0 Å². The fourth-order valence-electron chi connectivity index (χ4n) is 3.09. The summed E-state index contributed by atoms with van der Waals surface area (Å²) >= 11 is 1.55. The average Bonchev–Trinajstić information content (AvgIpc) is 3.34. The van der Waals surface area contributed by atoms with E-state index in [-0.39, 0.29) is 11.9 Å². The number of nitrogens with one attached hydrogen (secondary N) is 1. The molecule has 0 spiro atoms. The highest BCUT2D eigenvalue weighted by atomic mass is 32.1. The maximum Gasteiger partial charge on any atom is 0.242 e. The van der Waals surface area contributed by atoms with E-state index in [1.807, 2.05) is 25.1 Å². The van der Waals surface area contributed by atoms with Crippen molar-refractivity contribution in [3.8, 4) is 10.6 Å². The summed E-state index contributed by atoms with van der Waals surface area (Å²) in [5, 5.41) is 3.87. The van der Waals surface area contributed by atoms with Crippen LogP contribution in [-0.4, -0.2) is 44.9 Å². The Morgan fingerprint density at radius 2 is 2.12 bits per heavy atom. The summed E-state index contributed by atoms with van der Waals surface area (Å²) in [6.45, 7) is 3.92. The molecule has 1 N–H and O–H groups in total. The molecule has 1 aliphatic heterocycles. The van der Waals surface area contributed by atoms with E-state index in [0.717, 1.165) is 47.4 Å². The summed E-state index contributed by atoms with van der Waals surface area (Å²) in [6, 6.07) is 5.64. The van der Waals surface area contributed by atoms with E-state index in [4.69, 9.17) is 0 Å². The number of carbonyl (C=O) groups excluding carboxylic acids is 1. The lowest BCUT2D eigenvalue weighted by atomic mass is 10.2. The summed E-state index contributed by atoms with van der Waals surface area (Å²) in [4.78, 5) is 28.8. The van der Waals surface area contributed by atoms with Crippen molar-refractivity contribution >= 4 is 34.0 Å². The molecule has 3 aromatic heterocycles. The van der Waals surface area contributed by atoms with Crippen LogP contribution in [0.5, 0.6) is 0 Å². The number of hydrogen-bond donors (Lipinski definition) is 1. The van der Waals surface area contributed by atoms with Crippen LogP contribution in [-0.2, 0) is 4.79 Å². The molecule has 4 heterocycles. The summed E-state index contributed by atoms with van der Waals surface area (Å²) in [6.07, 6.45) is 5.88. The van der Waals surface area contributed by atoms with E-state index >= 15 is 0 Å². The largest absolute Gasteiger partial charge is 0.309 e. The van der Waals surface area contributed by atoms with Crippen molar-refractivity contribution in [2.24, 2.45) is 0 Å². The molecule has 3 aromatic rings. The maximum atomic E-state index is 12.5. The second kappa shape index (κ2) is 6.85. The molecule has 1 aliphatic rings. The predicted octanol–water partition coefficient (Wildman–Crippen LogP) is 3.18. The normalized spacial score (nSPS) is 16.2. The van der Waals surface area contributed by atoms with Gasteiger partial charge in [0.15, 0.2) is 0 Å². The van der Waals surface area contributed by atoms with Crippen molar-refractivity contribution in [3.63, 3.8) is 0 Å². The van der Waals surface area contributed by atoms with Crippen LogP contribution in [0, 0.1) is 0 Å². The predicted molar refractivity (Wildman–Crippen MR) is 99.5 cm³/mol. The number of nitrogens with zero attached hydrogens (tertiary/aromatic N) is 4. The fourth-order valence-corrected chi connectivity index (χ4v) is 3.68. The van der Waals surface area contributed by atoms with Gasteiger partial charge in [-0.05, 0) is 45.0 Å². The van der Waals surface area contributed by atoms with Gasteiger partial charge in [0.2, 0.25) is 5.91 Å². The first kappa shape index (κ1) is 16.1. The molecular formula is C18H19N5OS. The molecule has 1 atom stereocenters. The number of hydrogen-bond acceptors (Lipinski definition) is 6. The quantitative estimate of drug-likeness (QED) is 0.780. The standard InChI is InChI=1S/C18H19N5OS/c1-12(23-6-2-3-7-23)18(24)22-17-8-15-13(9-20-17)4-5-14(21-15)16-10-19-11-25-16/h4-5,8-12H,2-3,6-7H2,1H3,(H,20,22,24). The molecule has 1 saturated heterocycles. The number of anilines is 1. The zero-order valence-electron chi connectivity index (χ0n) is 14.0. The van der Waals surface area contributed by atoms with Crippen LogP contribution in [0.2, 0.25) is 0 Å². The lowest BCUT2D eigenvalue weighted by Gasteiger charge is -2.22. The van der Waals surface area contributed by atoms with E-state index < -0.39 is 0 Å². The van der Waals surface area contributed by atoms with Gasteiger partial charge in [-0.15, -0.1) is 11.3 Å². The molecule has 7 heteroatoms. The van der Waals surface area contributed by atoms with Gasteiger partial charge in [0.05, 0.1) is 27.6 Å². The first-order chi connectivity index (χ1) is 12.2. The van der Waals surface area contributed by atoms with Crippen molar-refractivity contribution in [3.05, 3.63) is 36.1 Å². The molecule has 0 aliphatic carbocycles. The Morgan fingerprint density at radius 3 is 2.88 bits per heavy atom. The SMILES string of the molecule is CC(C(=O)Nc1cc2nc(-c3cncs3)ccc2cn1)N1CCCC1. The van der Waals surface area contributed by atoms with Crippen LogP contribution in [0.4, 0.5) is 5.82 Å². The van der Waals surface area contributed by atoms with Crippen LogP contribution in [0.3, 0.4) is 0 Å². The molecule has 0 aromatic carbocycles. The molecule has 1 unspecified atom stereocenters. The monoisotopic (exact) mass is 353 g/mol. The van der Waals surface area contributed by atoms with E-state index in [0.29, 0.717) is 5.82 Å². The summed E-state index contributed by atoms with van der Waals surface area (Å²) in [7, 11) is 0. The lowest BCUT2D eigenvalue weighted by molar-refractivity contribution is -0.120. The highest BCUT2D eigenvalue weighted by molar-refractivity contribution is 7.13. The highest BCUT2D eigenvalue weighted by Crippen LogP contribution is 2.24. The first-order valence-electron chi connectivity index (χ1n) is 8.41. The first-order valence-corrected chi connectivity index (χ1v) is 9.29. The van der Waals surface area contributed by atoms with E-state index in [1.54, 1.807) is 29.2 Å². The molecular weight excluding hydrogens is 334 g/mol. The highest BCUT2D eigenvalue weighted by Gasteiger charge is 2.24. The van der Waals surface area contributed by atoms with Crippen molar-refractivity contribution in [1.82, 2.24) is 19.9 Å². The Bertz CT molecular complexity index is 890. The van der Waals surface area contributed by atoms with E-state index in [1.165, 1.54) is 0 Å². The minimum atomic E-state index is -0.142. The zero-order valence-corrected chi connectivity index (χ0v) is 14.8. The Morgan fingerprint density at radius 1 is 1.28 bits per heavy atom. The Kier molecular flexibility index (Phi) is 4.42. The summed E-state index contributed by atoms with van der Waals surface area (Å²) in [5.41, 5.74) is 3.48. The van der Waals surface area contributed by atoms with Crippen molar-refractivity contribution in [2.75, 3.05) is 18.4 Å². The fraction of sp³-hybridized carbons (Fsp3) is 0.333. The number of rotatable bonds is 4.